The molecule has 0 aliphatic carbocycles. The van der Waals surface area contributed by atoms with E-state index in [1.807, 2.05) is 17.5 Å². The molecule has 2 aromatic heterocycles. The van der Waals surface area contributed by atoms with Crippen molar-refractivity contribution in [3.05, 3.63) is 57.5 Å². The SMILES string of the molecule is O=C(c1cc(F)ccc1Br)N1CCN(CCCc2nc(-c3cccs3)no2)CC1. The van der Waals surface area contributed by atoms with Crippen LogP contribution >= 0.6 is 27.3 Å². The summed E-state index contributed by atoms with van der Waals surface area (Å²) in [6.07, 6.45) is 1.64. The van der Waals surface area contributed by atoms with Crippen LogP contribution < -0.4 is 0 Å². The Kier molecular flexibility index (Phi) is 6.37. The predicted octanol–water partition coefficient (Wildman–Crippen LogP) is 4.09. The Morgan fingerprint density at radius 3 is 2.83 bits per heavy atom. The molecular weight excluding hydrogens is 459 g/mol. The third-order valence-electron chi connectivity index (χ3n) is 4.89. The quantitative estimate of drug-likeness (QED) is 0.533. The highest BCUT2D eigenvalue weighted by atomic mass is 79.9. The molecule has 0 bridgehead atoms. The first-order chi connectivity index (χ1) is 14.1. The standard InChI is InChI=1S/C20H20BrFN4O2S/c21-16-6-5-14(22)13-15(16)20(27)26-10-8-25(9-11-26)7-1-4-18-23-19(24-28-18)17-3-2-12-29-17/h2-3,5-6,12-13H,1,4,7-11H2. The molecule has 1 aliphatic rings. The monoisotopic (exact) mass is 478 g/mol. The number of nitrogens with zero attached hydrogens (tertiary/aromatic N) is 4. The molecule has 0 spiro atoms. The number of piperazine rings is 1. The molecule has 0 saturated carbocycles. The van der Waals surface area contributed by atoms with Crippen molar-refractivity contribution in [2.24, 2.45) is 0 Å². The van der Waals surface area contributed by atoms with E-state index >= 15 is 0 Å². The first-order valence-corrected chi connectivity index (χ1v) is 11.1. The zero-order valence-electron chi connectivity index (χ0n) is 15.7. The summed E-state index contributed by atoms with van der Waals surface area (Å²) in [5, 5.41) is 6.02. The predicted molar refractivity (Wildman–Crippen MR) is 112 cm³/mol. The van der Waals surface area contributed by atoms with Crippen molar-refractivity contribution in [1.82, 2.24) is 19.9 Å². The van der Waals surface area contributed by atoms with Gasteiger partial charge in [0.15, 0.2) is 0 Å². The number of amides is 1. The number of thiophene rings is 1. The minimum atomic E-state index is -0.404. The lowest BCUT2D eigenvalue weighted by molar-refractivity contribution is 0.0634. The van der Waals surface area contributed by atoms with Gasteiger partial charge in [0.05, 0.1) is 10.4 Å². The van der Waals surface area contributed by atoms with Gasteiger partial charge in [-0.2, -0.15) is 4.98 Å². The van der Waals surface area contributed by atoms with Gasteiger partial charge in [-0.3, -0.25) is 9.69 Å². The van der Waals surface area contributed by atoms with E-state index in [-0.39, 0.29) is 5.91 Å². The molecule has 152 valence electrons. The summed E-state index contributed by atoms with van der Waals surface area (Å²) in [5.41, 5.74) is 0.372. The molecule has 1 fully saturated rings. The second-order valence-corrected chi connectivity index (χ2v) is 8.65. The molecule has 3 aromatic rings. The molecular formula is C20H20BrFN4O2S. The minimum Gasteiger partial charge on any atom is -0.339 e. The number of hydrogen-bond acceptors (Lipinski definition) is 6. The molecule has 6 nitrogen and oxygen atoms in total. The smallest absolute Gasteiger partial charge is 0.255 e. The molecule has 4 rings (SSSR count). The number of benzene rings is 1. The maximum absolute atomic E-state index is 13.5. The van der Waals surface area contributed by atoms with Gasteiger partial charge in [0.25, 0.3) is 5.91 Å². The van der Waals surface area contributed by atoms with Gasteiger partial charge in [-0.25, -0.2) is 4.39 Å². The normalized spacial score (nSPS) is 15.0. The van der Waals surface area contributed by atoms with E-state index in [9.17, 15) is 9.18 Å². The topological polar surface area (TPSA) is 62.5 Å². The number of carbonyl (C=O) groups excluding carboxylic acids is 1. The van der Waals surface area contributed by atoms with Crippen molar-refractivity contribution < 1.29 is 13.7 Å². The average molecular weight is 479 g/mol. The third-order valence-corrected chi connectivity index (χ3v) is 6.45. The van der Waals surface area contributed by atoms with Gasteiger partial charge < -0.3 is 9.42 Å². The van der Waals surface area contributed by atoms with Gasteiger partial charge in [-0.05, 0) is 58.5 Å². The van der Waals surface area contributed by atoms with Crippen LogP contribution in [0.5, 0.6) is 0 Å². The maximum atomic E-state index is 13.5. The van der Waals surface area contributed by atoms with Gasteiger partial charge in [-0.1, -0.05) is 11.2 Å². The molecule has 1 aromatic carbocycles. The summed E-state index contributed by atoms with van der Waals surface area (Å²) >= 11 is 4.93. The third kappa shape index (κ3) is 4.91. The fourth-order valence-electron chi connectivity index (χ4n) is 3.32. The molecule has 29 heavy (non-hydrogen) atoms. The van der Waals surface area contributed by atoms with Crippen molar-refractivity contribution in [2.45, 2.75) is 12.8 Å². The van der Waals surface area contributed by atoms with Crippen LogP contribution in [0.1, 0.15) is 22.7 Å². The van der Waals surface area contributed by atoms with Crippen LogP contribution in [-0.2, 0) is 6.42 Å². The molecule has 0 unspecified atom stereocenters. The van der Waals surface area contributed by atoms with Crippen LogP contribution in [-0.4, -0.2) is 58.6 Å². The summed E-state index contributed by atoms with van der Waals surface area (Å²) in [6, 6.07) is 8.13. The zero-order valence-corrected chi connectivity index (χ0v) is 18.1. The van der Waals surface area contributed by atoms with Gasteiger partial charge in [0.2, 0.25) is 11.7 Å². The van der Waals surface area contributed by atoms with E-state index in [1.165, 1.54) is 12.1 Å². The van der Waals surface area contributed by atoms with Crippen LogP contribution in [0.15, 0.2) is 44.7 Å². The number of hydrogen-bond donors (Lipinski definition) is 0. The zero-order chi connectivity index (χ0) is 20.2. The van der Waals surface area contributed by atoms with E-state index in [2.05, 4.69) is 31.0 Å². The maximum Gasteiger partial charge on any atom is 0.255 e. The number of aromatic nitrogens is 2. The van der Waals surface area contributed by atoms with E-state index in [0.717, 1.165) is 37.4 Å². The molecule has 1 amide bonds. The van der Waals surface area contributed by atoms with E-state index in [0.29, 0.717) is 34.8 Å². The lowest BCUT2D eigenvalue weighted by Crippen LogP contribution is -2.49. The van der Waals surface area contributed by atoms with Crippen molar-refractivity contribution in [2.75, 3.05) is 32.7 Å². The van der Waals surface area contributed by atoms with Crippen molar-refractivity contribution in [3.63, 3.8) is 0 Å². The highest BCUT2D eigenvalue weighted by Gasteiger charge is 2.23. The molecule has 3 heterocycles. The van der Waals surface area contributed by atoms with Crippen LogP contribution in [0, 0.1) is 5.82 Å². The second-order valence-electron chi connectivity index (χ2n) is 6.85. The first kappa shape index (κ1) is 20.2. The Hall–Kier alpha value is -2.10. The van der Waals surface area contributed by atoms with Gasteiger partial charge in [0, 0.05) is 37.1 Å². The highest BCUT2D eigenvalue weighted by Crippen LogP contribution is 2.22. The molecule has 9 heteroatoms. The van der Waals surface area contributed by atoms with Crippen LogP contribution in [0.3, 0.4) is 0 Å². The molecule has 0 atom stereocenters. The Morgan fingerprint density at radius 2 is 2.07 bits per heavy atom. The minimum absolute atomic E-state index is 0.136. The fourth-order valence-corrected chi connectivity index (χ4v) is 4.39. The van der Waals surface area contributed by atoms with Crippen LogP contribution in [0.4, 0.5) is 4.39 Å². The van der Waals surface area contributed by atoms with E-state index in [4.69, 9.17) is 4.52 Å². The van der Waals surface area contributed by atoms with E-state index in [1.54, 1.807) is 22.3 Å². The summed E-state index contributed by atoms with van der Waals surface area (Å²) in [7, 11) is 0. The Balaban J connectivity index is 1.23. The number of halogens is 2. The fraction of sp³-hybridized carbons (Fsp3) is 0.350. The number of carbonyl (C=O) groups is 1. The van der Waals surface area contributed by atoms with Crippen LogP contribution in [0.2, 0.25) is 0 Å². The molecule has 1 saturated heterocycles. The number of rotatable bonds is 6. The number of aryl methyl sites for hydroxylation is 1. The van der Waals surface area contributed by atoms with Crippen molar-refractivity contribution >= 4 is 33.2 Å². The lowest BCUT2D eigenvalue weighted by Gasteiger charge is -2.34. The average Bonchev–Trinajstić information content (AvgIpc) is 3.42. The van der Waals surface area contributed by atoms with Crippen LogP contribution in [0.25, 0.3) is 10.7 Å². The summed E-state index contributed by atoms with van der Waals surface area (Å²) in [6.45, 7) is 3.75. The van der Waals surface area contributed by atoms with Gasteiger partial charge in [-0.15, -0.1) is 11.3 Å². The van der Waals surface area contributed by atoms with Gasteiger partial charge in [0.1, 0.15) is 5.82 Å². The Morgan fingerprint density at radius 1 is 1.24 bits per heavy atom. The Bertz CT molecular complexity index is 971. The molecule has 0 radical (unpaired) electrons. The molecule has 1 aliphatic heterocycles. The first-order valence-electron chi connectivity index (χ1n) is 9.43. The highest BCUT2D eigenvalue weighted by molar-refractivity contribution is 9.10. The summed E-state index contributed by atoms with van der Waals surface area (Å²) < 4.78 is 19.4. The van der Waals surface area contributed by atoms with Gasteiger partial charge >= 0.3 is 0 Å². The van der Waals surface area contributed by atoms with Crippen molar-refractivity contribution in [3.8, 4) is 10.7 Å². The van der Waals surface area contributed by atoms with Crippen molar-refractivity contribution in [1.29, 1.82) is 0 Å². The second kappa shape index (κ2) is 9.15. The Labute approximate surface area is 180 Å². The van der Waals surface area contributed by atoms with E-state index < -0.39 is 5.82 Å². The molecule has 0 N–H and O–H groups in total. The largest absolute Gasteiger partial charge is 0.339 e. The lowest BCUT2D eigenvalue weighted by atomic mass is 10.1. The summed E-state index contributed by atoms with van der Waals surface area (Å²) in [4.78, 5) is 22.2. The summed E-state index contributed by atoms with van der Waals surface area (Å²) in [5.74, 6) is 0.755.